The standard InChI is InChI=1S/C14H10FNO5/c15-10-5-3-9(4-6-10)14(19)21-8-12(17)16-13(18)11-2-1-7-20-11/h1-7H,8H2,(H,16,17,18). The summed E-state index contributed by atoms with van der Waals surface area (Å²) in [7, 11) is 0. The summed E-state index contributed by atoms with van der Waals surface area (Å²) in [4.78, 5) is 34.4. The molecule has 0 aliphatic heterocycles. The molecule has 0 fully saturated rings. The van der Waals surface area contributed by atoms with Gasteiger partial charge in [0.1, 0.15) is 5.82 Å². The zero-order valence-corrected chi connectivity index (χ0v) is 10.7. The lowest BCUT2D eigenvalue weighted by molar-refractivity contribution is -0.123. The lowest BCUT2D eigenvalue weighted by Gasteiger charge is -2.04. The summed E-state index contributed by atoms with van der Waals surface area (Å²) in [5.74, 6) is -2.85. The van der Waals surface area contributed by atoms with Crippen LogP contribution in [-0.4, -0.2) is 24.4 Å². The van der Waals surface area contributed by atoms with E-state index in [9.17, 15) is 18.8 Å². The Bertz CT molecular complexity index is 649. The first-order valence-corrected chi connectivity index (χ1v) is 5.86. The molecular weight excluding hydrogens is 281 g/mol. The molecule has 1 heterocycles. The van der Waals surface area contributed by atoms with E-state index < -0.39 is 30.2 Å². The van der Waals surface area contributed by atoms with Crippen molar-refractivity contribution >= 4 is 17.8 Å². The molecule has 0 aliphatic carbocycles. The van der Waals surface area contributed by atoms with E-state index in [2.05, 4.69) is 0 Å². The first-order valence-electron chi connectivity index (χ1n) is 5.86. The van der Waals surface area contributed by atoms with Crippen LogP contribution < -0.4 is 5.32 Å². The van der Waals surface area contributed by atoms with Crippen LogP contribution >= 0.6 is 0 Å². The molecule has 1 aromatic heterocycles. The molecule has 0 atom stereocenters. The van der Waals surface area contributed by atoms with Gasteiger partial charge in [-0.1, -0.05) is 0 Å². The molecule has 7 heteroatoms. The van der Waals surface area contributed by atoms with Crippen LogP contribution in [0.4, 0.5) is 4.39 Å². The SMILES string of the molecule is O=C(COC(=O)c1ccc(F)cc1)NC(=O)c1ccco1. The minimum absolute atomic E-state index is 0.0341. The first-order chi connectivity index (χ1) is 10.1. The second-order valence-corrected chi connectivity index (χ2v) is 3.94. The van der Waals surface area contributed by atoms with Gasteiger partial charge in [-0.15, -0.1) is 0 Å². The number of hydrogen-bond acceptors (Lipinski definition) is 5. The van der Waals surface area contributed by atoms with Gasteiger partial charge in [-0.05, 0) is 36.4 Å². The number of benzene rings is 1. The lowest BCUT2D eigenvalue weighted by atomic mass is 10.2. The Morgan fingerprint density at radius 2 is 1.86 bits per heavy atom. The molecule has 0 unspecified atom stereocenters. The Morgan fingerprint density at radius 3 is 2.48 bits per heavy atom. The molecule has 0 saturated heterocycles. The molecule has 0 saturated carbocycles. The monoisotopic (exact) mass is 291 g/mol. The number of imide groups is 1. The third-order valence-corrected chi connectivity index (χ3v) is 2.41. The fourth-order valence-corrected chi connectivity index (χ4v) is 1.43. The van der Waals surface area contributed by atoms with Crippen LogP contribution in [0.3, 0.4) is 0 Å². The number of rotatable bonds is 4. The Labute approximate surface area is 118 Å². The molecule has 0 aliphatic rings. The van der Waals surface area contributed by atoms with E-state index in [0.717, 1.165) is 12.1 Å². The second kappa shape index (κ2) is 6.47. The summed E-state index contributed by atoms with van der Waals surface area (Å²) in [6.45, 7) is -0.636. The number of hydrogen-bond donors (Lipinski definition) is 1. The number of furan rings is 1. The minimum atomic E-state index is -0.799. The van der Waals surface area contributed by atoms with Crippen molar-refractivity contribution in [3.63, 3.8) is 0 Å². The van der Waals surface area contributed by atoms with E-state index in [1.165, 1.54) is 30.5 Å². The molecule has 6 nitrogen and oxygen atoms in total. The highest BCUT2D eigenvalue weighted by Crippen LogP contribution is 2.04. The Kier molecular flexibility index (Phi) is 4.45. The quantitative estimate of drug-likeness (QED) is 0.863. The number of carbonyl (C=O) groups is 3. The average Bonchev–Trinajstić information content (AvgIpc) is 3.00. The number of ether oxygens (including phenoxy) is 1. The fraction of sp³-hybridized carbons (Fsp3) is 0.0714. The van der Waals surface area contributed by atoms with E-state index in [1.54, 1.807) is 0 Å². The average molecular weight is 291 g/mol. The van der Waals surface area contributed by atoms with Crippen molar-refractivity contribution in [3.05, 3.63) is 59.8 Å². The van der Waals surface area contributed by atoms with Crippen molar-refractivity contribution in [2.75, 3.05) is 6.61 Å². The topological polar surface area (TPSA) is 85.6 Å². The highest BCUT2D eigenvalue weighted by molar-refractivity contribution is 6.04. The number of amides is 2. The maximum absolute atomic E-state index is 12.7. The van der Waals surface area contributed by atoms with Gasteiger partial charge >= 0.3 is 5.97 Å². The molecular formula is C14H10FNO5. The van der Waals surface area contributed by atoms with Gasteiger partial charge in [0.2, 0.25) is 0 Å². The zero-order valence-electron chi connectivity index (χ0n) is 10.7. The first kappa shape index (κ1) is 14.4. The summed E-state index contributed by atoms with van der Waals surface area (Å²) >= 11 is 0. The van der Waals surface area contributed by atoms with Gasteiger partial charge in [-0.25, -0.2) is 9.18 Å². The maximum atomic E-state index is 12.7. The molecule has 2 amide bonds. The van der Waals surface area contributed by atoms with E-state index in [1.807, 2.05) is 5.32 Å². The largest absolute Gasteiger partial charge is 0.459 e. The third kappa shape index (κ3) is 4.00. The molecule has 2 rings (SSSR count). The predicted octanol–water partition coefficient (Wildman–Crippen LogP) is 1.53. The van der Waals surface area contributed by atoms with Gasteiger partial charge in [-0.2, -0.15) is 0 Å². The summed E-state index contributed by atoms with van der Waals surface area (Å²) in [6.07, 6.45) is 1.29. The summed E-state index contributed by atoms with van der Waals surface area (Å²) in [5.41, 5.74) is 0.0987. The third-order valence-electron chi connectivity index (χ3n) is 2.41. The molecule has 2 aromatic rings. The van der Waals surface area contributed by atoms with E-state index in [0.29, 0.717) is 0 Å². The van der Waals surface area contributed by atoms with Crippen molar-refractivity contribution < 1.29 is 27.9 Å². The van der Waals surface area contributed by atoms with Crippen LogP contribution in [0.15, 0.2) is 47.1 Å². The zero-order chi connectivity index (χ0) is 15.2. The Balaban J connectivity index is 1.82. The van der Waals surface area contributed by atoms with Crippen molar-refractivity contribution in [2.24, 2.45) is 0 Å². The molecule has 108 valence electrons. The van der Waals surface area contributed by atoms with Crippen molar-refractivity contribution in [3.8, 4) is 0 Å². The van der Waals surface area contributed by atoms with Crippen molar-refractivity contribution in [1.82, 2.24) is 5.32 Å². The van der Waals surface area contributed by atoms with Crippen LogP contribution in [0.25, 0.3) is 0 Å². The van der Waals surface area contributed by atoms with Gasteiger partial charge in [0, 0.05) is 0 Å². The minimum Gasteiger partial charge on any atom is -0.459 e. The van der Waals surface area contributed by atoms with E-state index in [4.69, 9.17) is 9.15 Å². The number of esters is 1. The highest BCUT2D eigenvalue weighted by atomic mass is 19.1. The smallest absolute Gasteiger partial charge is 0.338 e. The van der Waals surface area contributed by atoms with Gasteiger partial charge in [0.05, 0.1) is 11.8 Å². The van der Waals surface area contributed by atoms with Crippen LogP contribution in [0.1, 0.15) is 20.9 Å². The van der Waals surface area contributed by atoms with E-state index >= 15 is 0 Å². The van der Waals surface area contributed by atoms with Gasteiger partial charge in [-0.3, -0.25) is 14.9 Å². The van der Waals surface area contributed by atoms with Crippen LogP contribution in [0.5, 0.6) is 0 Å². The molecule has 1 N–H and O–H groups in total. The van der Waals surface area contributed by atoms with Gasteiger partial charge < -0.3 is 9.15 Å². The van der Waals surface area contributed by atoms with Crippen molar-refractivity contribution in [2.45, 2.75) is 0 Å². The molecule has 0 radical (unpaired) electrons. The number of halogens is 1. The summed E-state index contributed by atoms with van der Waals surface area (Å²) < 4.78 is 22.2. The molecule has 21 heavy (non-hydrogen) atoms. The molecule has 1 aromatic carbocycles. The molecule has 0 bridgehead atoms. The number of nitrogens with one attached hydrogen (secondary N) is 1. The van der Waals surface area contributed by atoms with Crippen LogP contribution in [-0.2, 0) is 9.53 Å². The highest BCUT2D eigenvalue weighted by Gasteiger charge is 2.15. The Hall–Kier alpha value is -2.96. The molecule has 0 spiro atoms. The maximum Gasteiger partial charge on any atom is 0.338 e. The Morgan fingerprint density at radius 1 is 1.14 bits per heavy atom. The van der Waals surface area contributed by atoms with Gasteiger partial charge in [0.15, 0.2) is 12.4 Å². The van der Waals surface area contributed by atoms with Crippen LogP contribution in [0.2, 0.25) is 0 Å². The van der Waals surface area contributed by atoms with Gasteiger partial charge in [0.25, 0.3) is 11.8 Å². The summed E-state index contributed by atoms with van der Waals surface area (Å²) in [6, 6.07) is 7.52. The van der Waals surface area contributed by atoms with Crippen molar-refractivity contribution in [1.29, 1.82) is 0 Å². The normalized spacial score (nSPS) is 9.95. The number of carbonyl (C=O) groups excluding carboxylic acids is 3. The lowest BCUT2D eigenvalue weighted by Crippen LogP contribution is -2.33. The van der Waals surface area contributed by atoms with Crippen LogP contribution in [0, 0.1) is 5.82 Å². The summed E-state index contributed by atoms with van der Waals surface area (Å²) in [5, 5.41) is 1.99. The van der Waals surface area contributed by atoms with E-state index in [-0.39, 0.29) is 11.3 Å². The second-order valence-electron chi connectivity index (χ2n) is 3.94. The predicted molar refractivity (Wildman–Crippen MR) is 67.9 cm³/mol. The fourth-order valence-electron chi connectivity index (χ4n) is 1.43.